The second kappa shape index (κ2) is 9.65. The highest BCUT2D eigenvalue weighted by Crippen LogP contribution is 2.31. The van der Waals surface area contributed by atoms with E-state index in [1.54, 1.807) is 11.0 Å². The number of benzene rings is 2. The fourth-order valence-corrected chi connectivity index (χ4v) is 4.27. The maximum Gasteiger partial charge on any atom is 0.409 e. The van der Waals surface area contributed by atoms with Crippen molar-refractivity contribution < 1.29 is 28.2 Å². The largest absolute Gasteiger partial charge is 0.478 e. The number of nitrogens with zero attached hydrogens (tertiary/aromatic N) is 2. The van der Waals surface area contributed by atoms with Gasteiger partial charge in [0.1, 0.15) is 11.4 Å². The molecule has 2 N–H and O–H groups in total. The minimum Gasteiger partial charge on any atom is -0.478 e. The van der Waals surface area contributed by atoms with Crippen molar-refractivity contribution in [1.82, 2.24) is 4.90 Å². The lowest BCUT2D eigenvalue weighted by Crippen LogP contribution is -2.48. The minimum atomic E-state index is -1.26. The van der Waals surface area contributed by atoms with Crippen LogP contribution in [0.4, 0.5) is 20.8 Å². The normalized spacial score (nSPS) is 14.6. The number of halogens is 1. The van der Waals surface area contributed by atoms with Gasteiger partial charge in [-0.25, -0.2) is 14.0 Å². The van der Waals surface area contributed by atoms with E-state index in [1.165, 1.54) is 25.3 Å². The van der Waals surface area contributed by atoms with Gasteiger partial charge in [-0.2, -0.15) is 0 Å². The van der Waals surface area contributed by atoms with Crippen LogP contribution >= 0.6 is 0 Å². The first kappa shape index (κ1) is 24.1. The summed E-state index contributed by atoms with van der Waals surface area (Å²) in [5, 5.41) is 13.0. The standard InChI is InChI=1S/C25H26FN3O6/c1-14-10-17(15(2)27-20-5-4-16(26)12-18(20)24(31)32)23-19(11-14)21(30)13-22(35-23)28-6-8-29(9-7-28)25(33)34-3/h4-5,10-13,15,27H,6-9H2,1-3H3,(H,31,32). The van der Waals surface area contributed by atoms with E-state index in [1.807, 2.05) is 24.8 Å². The number of rotatable bonds is 5. The number of nitrogens with one attached hydrogen (secondary N) is 1. The number of carboxylic acid groups (broad SMARTS) is 1. The van der Waals surface area contributed by atoms with Crippen LogP contribution in [0.1, 0.15) is 34.5 Å². The van der Waals surface area contributed by atoms with Gasteiger partial charge in [-0.3, -0.25) is 4.79 Å². The molecule has 1 fully saturated rings. The van der Waals surface area contributed by atoms with Crippen LogP contribution in [0, 0.1) is 12.7 Å². The van der Waals surface area contributed by atoms with Crippen molar-refractivity contribution in [2.45, 2.75) is 19.9 Å². The number of aromatic carboxylic acids is 1. The molecule has 35 heavy (non-hydrogen) atoms. The lowest BCUT2D eigenvalue weighted by Gasteiger charge is -2.34. The summed E-state index contributed by atoms with van der Waals surface area (Å²) in [7, 11) is 1.33. The van der Waals surface area contributed by atoms with Gasteiger partial charge in [-0.1, -0.05) is 6.07 Å². The lowest BCUT2D eigenvalue weighted by molar-refractivity contribution is 0.0697. The maximum atomic E-state index is 13.6. The predicted molar refractivity (Wildman–Crippen MR) is 129 cm³/mol. The number of methoxy groups -OCH3 is 1. The van der Waals surface area contributed by atoms with E-state index in [0.29, 0.717) is 48.6 Å². The van der Waals surface area contributed by atoms with Gasteiger partial charge in [0.15, 0.2) is 11.3 Å². The first-order valence-electron chi connectivity index (χ1n) is 11.1. The van der Waals surface area contributed by atoms with Crippen LogP contribution in [0.25, 0.3) is 11.0 Å². The zero-order chi connectivity index (χ0) is 25.3. The SMILES string of the molecule is COC(=O)N1CCN(c2cc(=O)c3cc(C)cc(C(C)Nc4ccc(F)cc4C(=O)O)c3o2)CC1. The van der Waals surface area contributed by atoms with Crippen LogP contribution < -0.4 is 15.6 Å². The first-order chi connectivity index (χ1) is 16.7. The Labute approximate surface area is 200 Å². The number of hydrogen-bond acceptors (Lipinski definition) is 7. The first-order valence-corrected chi connectivity index (χ1v) is 11.1. The average molecular weight is 483 g/mol. The molecule has 1 atom stereocenters. The number of piperazine rings is 1. The Morgan fingerprint density at radius 2 is 1.86 bits per heavy atom. The van der Waals surface area contributed by atoms with Gasteiger partial charge < -0.3 is 29.4 Å². The summed E-state index contributed by atoms with van der Waals surface area (Å²) in [5.41, 5.74) is 1.73. The number of carbonyl (C=O) groups excluding carboxylic acids is 1. The number of carbonyl (C=O) groups is 2. The molecule has 9 nitrogen and oxygen atoms in total. The Bertz CT molecular complexity index is 1350. The third kappa shape index (κ3) is 4.91. The van der Waals surface area contributed by atoms with Gasteiger partial charge in [0.25, 0.3) is 0 Å². The minimum absolute atomic E-state index is 0.195. The Balaban J connectivity index is 1.70. The summed E-state index contributed by atoms with van der Waals surface area (Å²) < 4.78 is 24.6. The van der Waals surface area contributed by atoms with E-state index in [0.717, 1.165) is 11.6 Å². The summed E-state index contributed by atoms with van der Waals surface area (Å²) in [6, 6.07) is 8.11. The maximum absolute atomic E-state index is 13.6. The van der Waals surface area contributed by atoms with Crippen LogP contribution in [0.3, 0.4) is 0 Å². The molecule has 0 spiro atoms. The zero-order valence-electron chi connectivity index (χ0n) is 19.6. The van der Waals surface area contributed by atoms with E-state index in [2.05, 4.69) is 5.32 Å². The number of amides is 1. The molecule has 0 saturated carbocycles. The molecular weight excluding hydrogens is 457 g/mol. The molecule has 3 aromatic rings. The van der Waals surface area contributed by atoms with Crippen molar-refractivity contribution in [2.75, 3.05) is 43.5 Å². The smallest absolute Gasteiger partial charge is 0.409 e. The summed E-state index contributed by atoms with van der Waals surface area (Å²) >= 11 is 0. The quantitative estimate of drug-likeness (QED) is 0.560. The Kier molecular flexibility index (Phi) is 6.63. The molecule has 1 unspecified atom stereocenters. The van der Waals surface area contributed by atoms with E-state index < -0.39 is 23.9 Å². The molecule has 4 rings (SSSR count). The highest BCUT2D eigenvalue weighted by atomic mass is 19.1. The van der Waals surface area contributed by atoms with Crippen molar-refractivity contribution in [3.63, 3.8) is 0 Å². The summed E-state index contributed by atoms with van der Waals surface area (Å²) in [5.74, 6) is -1.52. The van der Waals surface area contributed by atoms with Gasteiger partial charge >= 0.3 is 12.1 Å². The third-order valence-electron chi connectivity index (χ3n) is 6.06. The van der Waals surface area contributed by atoms with Gasteiger partial charge in [-0.05, 0) is 43.7 Å². The highest BCUT2D eigenvalue weighted by molar-refractivity contribution is 5.94. The van der Waals surface area contributed by atoms with Crippen LogP contribution in [0.5, 0.6) is 0 Å². The number of ether oxygens (including phenoxy) is 1. The third-order valence-corrected chi connectivity index (χ3v) is 6.06. The number of aryl methyl sites for hydroxylation is 1. The van der Waals surface area contributed by atoms with E-state index >= 15 is 0 Å². The molecule has 1 amide bonds. The topological polar surface area (TPSA) is 112 Å². The molecule has 0 aliphatic carbocycles. The van der Waals surface area contributed by atoms with Crippen LogP contribution in [0.15, 0.2) is 45.6 Å². The van der Waals surface area contributed by atoms with Crippen molar-refractivity contribution in [1.29, 1.82) is 0 Å². The van der Waals surface area contributed by atoms with Gasteiger partial charge in [0.05, 0.1) is 24.1 Å². The molecule has 1 aliphatic rings. The molecule has 1 aliphatic heterocycles. The van der Waals surface area contributed by atoms with Crippen LogP contribution in [-0.4, -0.2) is 55.4 Å². The lowest BCUT2D eigenvalue weighted by atomic mass is 10.0. The number of hydrogen-bond donors (Lipinski definition) is 2. The van der Waals surface area contributed by atoms with Crippen molar-refractivity contribution in [2.24, 2.45) is 0 Å². The fraction of sp³-hybridized carbons (Fsp3) is 0.320. The molecule has 0 bridgehead atoms. The van der Waals surface area contributed by atoms with Crippen LogP contribution in [-0.2, 0) is 4.74 Å². The van der Waals surface area contributed by atoms with E-state index in [9.17, 15) is 23.9 Å². The van der Waals surface area contributed by atoms with Gasteiger partial charge in [0, 0.05) is 43.5 Å². The Hall–Kier alpha value is -4.08. The van der Waals surface area contributed by atoms with Crippen molar-refractivity contribution in [3.05, 3.63) is 69.1 Å². The zero-order valence-corrected chi connectivity index (χ0v) is 19.6. The second-order valence-corrected chi connectivity index (χ2v) is 8.48. The van der Waals surface area contributed by atoms with E-state index in [4.69, 9.17) is 9.15 Å². The molecule has 184 valence electrons. The Morgan fingerprint density at radius 3 is 2.51 bits per heavy atom. The predicted octanol–water partition coefficient (Wildman–Crippen LogP) is 4.00. The summed E-state index contributed by atoms with van der Waals surface area (Å²) in [4.78, 5) is 39.9. The number of carboxylic acids is 1. The second-order valence-electron chi connectivity index (χ2n) is 8.48. The molecule has 10 heteroatoms. The molecule has 0 radical (unpaired) electrons. The van der Waals surface area contributed by atoms with Gasteiger partial charge in [0.2, 0.25) is 0 Å². The average Bonchev–Trinajstić information content (AvgIpc) is 2.84. The molecule has 2 heterocycles. The molecule has 1 saturated heterocycles. The van der Waals surface area contributed by atoms with Gasteiger partial charge in [-0.15, -0.1) is 0 Å². The Morgan fingerprint density at radius 1 is 1.14 bits per heavy atom. The summed E-state index contributed by atoms with van der Waals surface area (Å²) in [6.07, 6.45) is -0.399. The monoisotopic (exact) mass is 483 g/mol. The molecule has 2 aromatic carbocycles. The molecule has 1 aromatic heterocycles. The summed E-state index contributed by atoms with van der Waals surface area (Å²) in [6.45, 7) is 5.46. The van der Waals surface area contributed by atoms with Crippen molar-refractivity contribution >= 4 is 34.6 Å². The van der Waals surface area contributed by atoms with Crippen molar-refractivity contribution in [3.8, 4) is 0 Å². The fourth-order valence-electron chi connectivity index (χ4n) is 4.27. The van der Waals surface area contributed by atoms with Crippen LogP contribution in [0.2, 0.25) is 0 Å². The number of anilines is 2. The number of fused-ring (bicyclic) bond motifs is 1. The molecular formula is C25H26FN3O6. The van der Waals surface area contributed by atoms with E-state index in [-0.39, 0.29) is 16.7 Å². The highest BCUT2D eigenvalue weighted by Gasteiger charge is 2.25.